The number of primary amides is 1. The molecule has 0 saturated carbocycles. The van der Waals surface area contributed by atoms with E-state index in [2.05, 4.69) is 17.2 Å². The van der Waals surface area contributed by atoms with Crippen LogP contribution in [0.15, 0.2) is 36.5 Å². The van der Waals surface area contributed by atoms with Gasteiger partial charge in [-0.05, 0) is 11.5 Å². The van der Waals surface area contributed by atoms with Crippen molar-refractivity contribution in [2.75, 3.05) is 5.32 Å². The monoisotopic (exact) mass is 317 g/mol. The summed E-state index contributed by atoms with van der Waals surface area (Å²) in [6.07, 6.45) is 2.26. The van der Waals surface area contributed by atoms with Crippen molar-refractivity contribution in [1.82, 2.24) is 4.98 Å². The summed E-state index contributed by atoms with van der Waals surface area (Å²) in [7, 11) is 0. The van der Waals surface area contributed by atoms with Crippen molar-refractivity contribution in [2.24, 2.45) is 11.7 Å². The molecule has 0 fully saturated rings. The maximum Gasteiger partial charge on any atom is 0.260 e. The Hall–Kier alpha value is -2.21. The number of carbonyl (C=O) groups is 2. The first-order chi connectivity index (χ1) is 10.5. The first kappa shape index (κ1) is 16.2. The largest absolute Gasteiger partial charge is 0.365 e. The van der Waals surface area contributed by atoms with E-state index in [1.807, 2.05) is 37.3 Å². The molecule has 2 unspecified atom stereocenters. The van der Waals surface area contributed by atoms with Gasteiger partial charge in [-0.2, -0.15) is 0 Å². The van der Waals surface area contributed by atoms with Gasteiger partial charge in [-0.25, -0.2) is 4.98 Å². The van der Waals surface area contributed by atoms with Crippen LogP contribution in [0, 0.1) is 5.92 Å². The van der Waals surface area contributed by atoms with Crippen LogP contribution in [0.3, 0.4) is 0 Å². The third kappa shape index (κ3) is 3.71. The van der Waals surface area contributed by atoms with E-state index >= 15 is 0 Å². The molecule has 0 radical (unpaired) electrons. The summed E-state index contributed by atoms with van der Waals surface area (Å²) in [5, 5.41) is 3.18. The quantitative estimate of drug-likeness (QED) is 0.859. The third-order valence-corrected chi connectivity index (χ3v) is 4.56. The molecule has 1 aromatic heterocycles. The molecule has 3 N–H and O–H groups in total. The van der Waals surface area contributed by atoms with E-state index < -0.39 is 5.91 Å². The van der Waals surface area contributed by atoms with Gasteiger partial charge in [0, 0.05) is 0 Å². The minimum Gasteiger partial charge on any atom is -0.365 e. The zero-order chi connectivity index (χ0) is 16.1. The first-order valence-corrected chi connectivity index (χ1v) is 7.96. The molecule has 1 heterocycles. The van der Waals surface area contributed by atoms with Gasteiger partial charge < -0.3 is 11.1 Å². The summed E-state index contributed by atoms with van der Waals surface area (Å²) in [5.74, 6) is -0.726. The molecule has 1 aromatic carbocycles. The van der Waals surface area contributed by atoms with E-state index in [4.69, 9.17) is 5.73 Å². The van der Waals surface area contributed by atoms with Gasteiger partial charge in [0.15, 0.2) is 5.13 Å². The van der Waals surface area contributed by atoms with Crippen molar-refractivity contribution in [1.29, 1.82) is 0 Å². The van der Waals surface area contributed by atoms with Crippen LogP contribution in [-0.4, -0.2) is 16.8 Å². The Kier molecular flexibility index (Phi) is 5.27. The van der Waals surface area contributed by atoms with E-state index in [-0.39, 0.29) is 17.7 Å². The number of benzene rings is 1. The highest BCUT2D eigenvalue weighted by Gasteiger charge is 2.26. The van der Waals surface area contributed by atoms with Gasteiger partial charge in [-0.15, -0.1) is 0 Å². The highest BCUT2D eigenvalue weighted by atomic mass is 32.1. The van der Waals surface area contributed by atoms with E-state index in [9.17, 15) is 9.59 Å². The van der Waals surface area contributed by atoms with Crippen molar-refractivity contribution in [3.05, 3.63) is 47.0 Å². The first-order valence-electron chi connectivity index (χ1n) is 7.14. The van der Waals surface area contributed by atoms with Gasteiger partial charge in [-0.1, -0.05) is 61.9 Å². The van der Waals surface area contributed by atoms with E-state index in [0.717, 1.165) is 23.3 Å². The lowest BCUT2D eigenvalue weighted by Crippen LogP contribution is -2.26. The number of nitrogens with zero attached hydrogens (tertiary/aromatic N) is 1. The normalized spacial score (nSPS) is 13.4. The number of nitrogens with one attached hydrogen (secondary N) is 1. The average Bonchev–Trinajstić information content (AvgIpc) is 2.97. The molecule has 22 heavy (non-hydrogen) atoms. The smallest absolute Gasteiger partial charge is 0.260 e. The molecule has 2 atom stereocenters. The van der Waals surface area contributed by atoms with E-state index in [1.54, 1.807) is 0 Å². The molecular formula is C16H19N3O2S. The lowest BCUT2D eigenvalue weighted by Gasteiger charge is -2.22. The summed E-state index contributed by atoms with van der Waals surface area (Å²) in [6, 6.07) is 9.67. The molecule has 5 nitrogen and oxygen atoms in total. The summed E-state index contributed by atoms with van der Waals surface area (Å²) >= 11 is 1.08. The van der Waals surface area contributed by atoms with Crippen molar-refractivity contribution in [3.63, 3.8) is 0 Å². The van der Waals surface area contributed by atoms with Crippen molar-refractivity contribution < 1.29 is 9.59 Å². The van der Waals surface area contributed by atoms with Crippen LogP contribution in [0.2, 0.25) is 0 Å². The standard InChI is InChI=1S/C16H19N3O2S/c1-3-10(2)13(11-7-5-4-6-8-11)15(21)19-16-18-9-12(22-16)14(17)20/h4-10,13H,3H2,1-2H3,(H2,17,20)(H,18,19,21). The Morgan fingerprint density at radius 2 is 2.00 bits per heavy atom. The molecule has 2 aromatic rings. The number of amides is 2. The minimum absolute atomic E-state index is 0.120. The van der Waals surface area contributed by atoms with Crippen LogP contribution < -0.4 is 11.1 Å². The summed E-state index contributed by atoms with van der Waals surface area (Å²) in [6.45, 7) is 4.11. The second-order valence-electron chi connectivity index (χ2n) is 5.16. The van der Waals surface area contributed by atoms with Crippen LogP contribution in [0.4, 0.5) is 5.13 Å². The van der Waals surface area contributed by atoms with Crippen LogP contribution in [-0.2, 0) is 4.79 Å². The zero-order valence-corrected chi connectivity index (χ0v) is 13.4. The van der Waals surface area contributed by atoms with E-state index in [0.29, 0.717) is 10.0 Å². The topological polar surface area (TPSA) is 85.1 Å². The fourth-order valence-electron chi connectivity index (χ4n) is 2.26. The highest BCUT2D eigenvalue weighted by molar-refractivity contribution is 7.17. The number of hydrogen-bond donors (Lipinski definition) is 2. The Labute approximate surface area is 133 Å². The molecule has 2 rings (SSSR count). The SMILES string of the molecule is CCC(C)C(C(=O)Nc1ncc(C(N)=O)s1)c1ccccc1. The molecular weight excluding hydrogens is 298 g/mol. The number of rotatable bonds is 6. The van der Waals surface area contributed by atoms with Crippen LogP contribution in [0.25, 0.3) is 0 Å². The Morgan fingerprint density at radius 3 is 2.55 bits per heavy atom. The molecule has 6 heteroatoms. The van der Waals surface area contributed by atoms with Crippen molar-refractivity contribution >= 4 is 28.3 Å². The number of carbonyl (C=O) groups excluding carboxylic acids is 2. The predicted octanol–water partition coefficient (Wildman–Crippen LogP) is 3.01. The lowest BCUT2D eigenvalue weighted by atomic mass is 9.85. The number of thiazole rings is 1. The van der Waals surface area contributed by atoms with Crippen LogP contribution >= 0.6 is 11.3 Å². The molecule has 2 amide bonds. The van der Waals surface area contributed by atoms with Gasteiger partial charge in [0.25, 0.3) is 5.91 Å². The minimum atomic E-state index is -0.542. The van der Waals surface area contributed by atoms with Crippen LogP contribution in [0.5, 0.6) is 0 Å². The zero-order valence-electron chi connectivity index (χ0n) is 12.6. The fourth-order valence-corrected chi connectivity index (χ4v) is 2.93. The second kappa shape index (κ2) is 7.17. The molecule has 0 aliphatic carbocycles. The van der Waals surface area contributed by atoms with Crippen molar-refractivity contribution in [2.45, 2.75) is 26.2 Å². The average molecular weight is 317 g/mol. The molecule has 0 aliphatic heterocycles. The fraction of sp³-hybridized carbons (Fsp3) is 0.312. The molecule has 116 valence electrons. The number of hydrogen-bond acceptors (Lipinski definition) is 4. The number of anilines is 1. The van der Waals surface area contributed by atoms with Gasteiger partial charge in [0.2, 0.25) is 5.91 Å². The molecule has 0 bridgehead atoms. The van der Waals surface area contributed by atoms with Gasteiger partial charge in [0.05, 0.1) is 12.1 Å². The Morgan fingerprint density at radius 1 is 1.32 bits per heavy atom. The number of aromatic nitrogens is 1. The maximum atomic E-state index is 12.6. The summed E-state index contributed by atoms with van der Waals surface area (Å²) < 4.78 is 0. The summed E-state index contributed by atoms with van der Waals surface area (Å²) in [5.41, 5.74) is 6.17. The molecule has 0 aliphatic rings. The molecule has 0 saturated heterocycles. The number of nitrogens with two attached hydrogens (primary N) is 1. The van der Waals surface area contributed by atoms with Crippen molar-refractivity contribution in [3.8, 4) is 0 Å². The van der Waals surface area contributed by atoms with Gasteiger partial charge >= 0.3 is 0 Å². The second-order valence-corrected chi connectivity index (χ2v) is 6.19. The molecule has 0 spiro atoms. The van der Waals surface area contributed by atoms with E-state index in [1.165, 1.54) is 6.20 Å². The third-order valence-electron chi connectivity index (χ3n) is 3.63. The Balaban J connectivity index is 2.20. The van der Waals surface area contributed by atoms with Crippen LogP contribution in [0.1, 0.15) is 41.4 Å². The Bertz CT molecular complexity index is 654. The summed E-state index contributed by atoms with van der Waals surface area (Å²) in [4.78, 5) is 28.1. The highest BCUT2D eigenvalue weighted by Crippen LogP contribution is 2.29. The van der Waals surface area contributed by atoms with Gasteiger partial charge in [0.1, 0.15) is 4.88 Å². The lowest BCUT2D eigenvalue weighted by molar-refractivity contribution is -0.118. The predicted molar refractivity (Wildman–Crippen MR) is 87.9 cm³/mol. The maximum absolute atomic E-state index is 12.6. The van der Waals surface area contributed by atoms with Gasteiger partial charge in [-0.3, -0.25) is 9.59 Å².